The molecule has 11 heteroatoms. The zero-order valence-electron chi connectivity index (χ0n) is 16.8. The van der Waals surface area contributed by atoms with E-state index in [1.54, 1.807) is 4.90 Å². The van der Waals surface area contributed by atoms with Gasteiger partial charge in [0, 0.05) is 36.3 Å². The molecule has 0 atom stereocenters. The van der Waals surface area contributed by atoms with E-state index in [-0.39, 0.29) is 36.5 Å². The van der Waals surface area contributed by atoms with Gasteiger partial charge in [0.25, 0.3) is 5.56 Å². The number of alkyl halides is 6. The van der Waals surface area contributed by atoms with Crippen LogP contribution in [-0.2, 0) is 31.9 Å². The van der Waals surface area contributed by atoms with E-state index in [4.69, 9.17) is 0 Å². The van der Waals surface area contributed by atoms with Gasteiger partial charge in [-0.05, 0) is 30.7 Å². The predicted molar refractivity (Wildman–Crippen MR) is 105 cm³/mol. The second kappa shape index (κ2) is 8.29. The second-order valence-electron chi connectivity index (χ2n) is 7.68. The van der Waals surface area contributed by atoms with Crippen molar-refractivity contribution in [2.75, 3.05) is 6.54 Å². The maximum Gasteiger partial charge on any atom is 0.416 e. The molecule has 174 valence electrons. The summed E-state index contributed by atoms with van der Waals surface area (Å²) < 4.78 is 90.8. The van der Waals surface area contributed by atoms with Gasteiger partial charge >= 0.3 is 12.4 Å². The number of nitrogens with one attached hydrogen (secondary N) is 1. The summed E-state index contributed by atoms with van der Waals surface area (Å²) in [6.45, 7) is 0.499. The third-order valence-corrected chi connectivity index (χ3v) is 5.41. The van der Waals surface area contributed by atoms with E-state index in [1.807, 2.05) is 0 Å². The number of rotatable bonds is 3. The van der Waals surface area contributed by atoms with Gasteiger partial charge < -0.3 is 4.98 Å². The normalized spacial score (nSPS) is 14.9. The summed E-state index contributed by atoms with van der Waals surface area (Å²) in [7, 11) is 0. The van der Waals surface area contributed by atoms with Crippen molar-refractivity contribution in [2.45, 2.75) is 31.9 Å². The molecular formula is C22H16F7N3O. The highest BCUT2D eigenvalue weighted by atomic mass is 19.4. The third kappa shape index (κ3) is 4.92. The molecule has 0 saturated heterocycles. The van der Waals surface area contributed by atoms with Crippen LogP contribution in [0, 0.1) is 5.82 Å². The van der Waals surface area contributed by atoms with Gasteiger partial charge in [0.2, 0.25) is 0 Å². The monoisotopic (exact) mass is 471 g/mol. The van der Waals surface area contributed by atoms with Gasteiger partial charge in [0.1, 0.15) is 11.6 Å². The number of hydrogen-bond donors (Lipinski definition) is 1. The largest absolute Gasteiger partial charge is 0.416 e. The fourth-order valence-electron chi connectivity index (χ4n) is 3.68. The zero-order chi connectivity index (χ0) is 24.0. The third-order valence-electron chi connectivity index (χ3n) is 5.41. The summed E-state index contributed by atoms with van der Waals surface area (Å²) in [5, 5.41) is 0. The number of benzene rings is 2. The number of hydrogen-bond acceptors (Lipinski definition) is 3. The van der Waals surface area contributed by atoms with E-state index in [9.17, 15) is 35.5 Å². The maximum atomic E-state index is 14.2. The first-order valence-electron chi connectivity index (χ1n) is 9.79. The van der Waals surface area contributed by atoms with E-state index >= 15 is 0 Å². The van der Waals surface area contributed by atoms with Crippen molar-refractivity contribution >= 4 is 0 Å². The van der Waals surface area contributed by atoms with Crippen LogP contribution in [0.15, 0.2) is 47.3 Å². The van der Waals surface area contributed by atoms with Crippen molar-refractivity contribution in [2.24, 2.45) is 0 Å². The lowest BCUT2D eigenvalue weighted by Crippen LogP contribution is -2.35. The van der Waals surface area contributed by atoms with Gasteiger partial charge in [0.05, 0.1) is 16.8 Å². The molecule has 0 aliphatic carbocycles. The molecule has 0 saturated carbocycles. The standard InChI is InChI=1S/C22H16F7N3O/c23-17-9-15(22(27,28)29)6-3-13(17)10-32-8-7-16-18(11-32)30-19(31-20(16)33)12-1-4-14(5-2-12)21(24,25)26/h1-6,9H,7-8,10-11H2,(H,30,31,33). The summed E-state index contributed by atoms with van der Waals surface area (Å²) in [5.41, 5.74) is -1.19. The van der Waals surface area contributed by atoms with Crippen LogP contribution in [0.4, 0.5) is 30.7 Å². The molecule has 0 radical (unpaired) electrons. The van der Waals surface area contributed by atoms with Crippen molar-refractivity contribution in [3.8, 4) is 11.4 Å². The Morgan fingerprint density at radius 3 is 2.18 bits per heavy atom. The summed E-state index contributed by atoms with van der Waals surface area (Å²) in [4.78, 5) is 21.2. The van der Waals surface area contributed by atoms with Crippen molar-refractivity contribution < 1.29 is 30.7 Å². The Morgan fingerprint density at radius 2 is 1.58 bits per heavy atom. The molecule has 0 amide bonds. The lowest BCUT2D eigenvalue weighted by Gasteiger charge is -2.28. The van der Waals surface area contributed by atoms with E-state index in [2.05, 4.69) is 9.97 Å². The van der Waals surface area contributed by atoms with Crippen LogP contribution in [0.5, 0.6) is 0 Å². The fourth-order valence-corrected chi connectivity index (χ4v) is 3.68. The number of nitrogens with zero attached hydrogens (tertiary/aromatic N) is 2. The van der Waals surface area contributed by atoms with Gasteiger partial charge in [-0.1, -0.05) is 18.2 Å². The van der Waals surface area contributed by atoms with Crippen molar-refractivity contribution in [1.82, 2.24) is 14.9 Å². The first kappa shape index (κ1) is 23.0. The minimum absolute atomic E-state index is 0.00744. The minimum atomic E-state index is -4.65. The van der Waals surface area contributed by atoms with Gasteiger partial charge in [-0.3, -0.25) is 9.69 Å². The summed E-state index contributed by atoms with van der Waals surface area (Å²) in [6, 6.07) is 6.49. The van der Waals surface area contributed by atoms with E-state index in [0.717, 1.165) is 24.3 Å². The molecule has 0 fully saturated rings. The predicted octanol–water partition coefficient (Wildman–Crippen LogP) is 5.17. The topological polar surface area (TPSA) is 49.0 Å². The number of halogens is 7. The molecule has 1 aliphatic heterocycles. The Hall–Kier alpha value is -3.21. The SMILES string of the molecule is O=c1[nH]c(-c2ccc(C(F)(F)F)cc2)nc2c1CCN(Cc1ccc(C(F)(F)F)cc1F)C2. The van der Waals surface area contributed by atoms with Crippen LogP contribution in [0.25, 0.3) is 11.4 Å². The highest BCUT2D eigenvalue weighted by Gasteiger charge is 2.32. The minimum Gasteiger partial charge on any atom is -0.306 e. The Kier molecular flexibility index (Phi) is 5.77. The number of aromatic nitrogens is 2. The molecule has 4 rings (SSSR count). The van der Waals surface area contributed by atoms with Crippen molar-refractivity contribution in [3.63, 3.8) is 0 Å². The van der Waals surface area contributed by atoms with Gasteiger partial charge in [0.15, 0.2) is 0 Å². The fraction of sp³-hybridized carbons (Fsp3) is 0.273. The van der Waals surface area contributed by atoms with Crippen LogP contribution >= 0.6 is 0 Å². The molecule has 1 aliphatic rings. The molecule has 1 N–H and O–H groups in total. The molecule has 0 bridgehead atoms. The highest BCUT2D eigenvalue weighted by Crippen LogP contribution is 2.32. The van der Waals surface area contributed by atoms with Gasteiger partial charge in [-0.15, -0.1) is 0 Å². The van der Waals surface area contributed by atoms with E-state index in [0.29, 0.717) is 23.9 Å². The van der Waals surface area contributed by atoms with Crippen LogP contribution in [0.3, 0.4) is 0 Å². The lowest BCUT2D eigenvalue weighted by molar-refractivity contribution is -0.138. The summed E-state index contributed by atoms with van der Waals surface area (Å²) in [5.74, 6) is -0.894. The van der Waals surface area contributed by atoms with Crippen LogP contribution in [0.2, 0.25) is 0 Å². The molecule has 33 heavy (non-hydrogen) atoms. The molecular weight excluding hydrogens is 455 g/mol. The molecule has 0 spiro atoms. The Labute approximate surface area is 182 Å². The van der Waals surface area contributed by atoms with Crippen molar-refractivity contribution in [3.05, 3.63) is 86.6 Å². The molecule has 0 unspecified atom stereocenters. The van der Waals surface area contributed by atoms with E-state index in [1.165, 1.54) is 12.1 Å². The Bertz CT molecular complexity index is 1230. The molecule has 4 nitrogen and oxygen atoms in total. The lowest BCUT2D eigenvalue weighted by atomic mass is 10.0. The number of H-pyrrole nitrogens is 1. The van der Waals surface area contributed by atoms with Crippen LogP contribution < -0.4 is 5.56 Å². The maximum absolute atomic E-state index is 14.2. The van der Waals surface area contributed by atoms with Crippen molar-refractivity contribution in [1.29, 1.82) is 0 Å². The van der Waals surface area contributed by atoms with Crippen LogP contribution in [-0.4, -0.2) is 21.4 Å². The Morgan fingerprint density at radius 1 is 0.939 bits per heavy atom. The second-order valence-corrected chi connectivity index (χ2v) is 7.68. The van der Waals surface area contributed by atoms with Crippen LogP contribution in [0.1, 0.15) is 27.9 Å². The van der Waals surface area contributed by atoms with Gasteiger partial charge in [-0.2, -0.15) is 26.3 Å². The molecule has 3 aromatic rings. The average molecular weight is 471 g/mol. The summed E-state index contributed by atoms with van der Waals surface area (Å²) in [6.07, 6.45) is -8.86. The Balaban J connectivity index is 1.56. The zero-order valence-corrected chi connectivity index (χ0v) is 16.8. The number of aromatic amines is 1. The summed E-state index contributed by atoms with van der Waals surface area (Å²) >= 11 is 0. The molecule has 2 aromatic carbocycles. The molecule has 1 aromatic heterocycles. The highest BCUT2D eigenvalue weighted by molar-refractivity contribution is 5.56. The average Bonchev–Trinajstić information content (AvgIpc) is 2.73. The first-order chi connectivity index (χ1) is 15.4. The van der Waals surface area contributed by atoms with Gasteiger partial charge in [-0.25, -0.2) is 9.37 Å². The smallest absolute Gasteiger partial charge is 0.306 e. The first-order valence-corrected chi connectivity index (χ1v) is 9.79. The molecule has 2 heterocycles. The quantitative estimate of drug-likeness (QED) is 0.537. The van der Waals surface area contributed by atoms with E-state index < -0.39 is 34.9 Å². The number of fused-ring (bicyclic) bond motifs is 1.